The maximum atomic E-state index is 12.7. The first-order valence-electron chi connectivity index (χ1n) is 9.18. The molecule has 3 heterocycles. The summed E-state index contributed by atoms with van der Waals surface area (Å²) in [6.07, 6.45) is 2.84. The zero-order valence-corrected chi connectivity index (χ0v) is 14.8. The fourth-order valence-electron chi connectivity index (χ4n) is 3.56. The van der Waals surface area contributed by atoms with Crippen molar-refractivity contribution >= 4 is 17.4 Å². The predicted octanol–water partition coefficient (Wildman–Crippen LogP) is 2.65. The molecule has 0 radical (unpaired) electrons. The third-order valence-corrected chi connectivity index (χ3v) is 5.00. The number of aromatic nitrogens is 1. The van der Waals surface area contributed by atoms with Crippen LogP contribution in [-0.4, -0.2) is 43.9 Å². The minimum atomic E-state index is -0.0261. The maximum absolute atomic E-state index is 12.7. The Balaban J connectivity index is 1.47. The van der Waals surface area contributed by atoms with Crippen molar-refractivity contribution in [2.75, 3.05) is 42.6 Å². The summed E-state index contributed by atoms with van der Waals surface area (Å²) >= 11 is 0. The normalized spacial score (nSPS) is 19.3. The molecule has 2 amide bonds. The average Bonchev–Trinajstić information content (AvgIpc) is 3.21. The van der Waals surface area contributed by atoms with Gasteiger partial charge in [-0.15, -0.1) is 0 Å². The molecule has 0 saturated carbocycles. The van der Waals surface area contributed by atoms with E-state index in [0.717, 1.165) is 49.8 Å². The highest BCUT2D eigenvalue weighted by atomic mass is 16.5. The number of nitrogens with one attached hydrogen (secondary N) is 1. The number of rotatable bonds is 4. The number of nitrogens with zero attached hydrogens (tertiary/aromatic N) is 3. The SMILES string of the molecule is O=C(NCC1CCOC1)N1CCN(Cc2ccccn2)c2ccccc21. The van der Waals surface area contributed by atoms with Crippen LogP contribution >= 0.6 is 0 Å². The smallest absolute Gasteiger partial charge is 0.322 e. The summed E-state index contributed by atoms with van der Waals surface area (Å²) in [6.45, 7) is 4.41. The van der Waals surface area contributed by atoms with Gasteiger partial charge in [0.2, 0.25) is 0 Å². The predicted molar refractivity (Wildman–Crippen MR) is 101 cm³/mol. The van der Waals surface area contributed by atoms with Gasteiger partial charge in [-0.2, -0.15) is 0 Å². The Hall–Kier alpha value is -2.60. The molecule has 0 aliphatic carbocycles. The second-order valence-electron chi connectivity index (χ2n) is 6.80. The lowest BCUT2D eigenvalue weighted by Crippen LogP contribution is -2.48. The molecule has 6 heteroatoms. The van der Waals surface area contributed by atoms with Gasteiger partial charge in [0.1, 0.15) is 0 Å². The van der Waals surface area contributed by atoms with Crippen LogP contribution < -0.4 is 15.1 Å². The topological polar surface area (TPSA) is 57.7 Å². The van der Waals surface area contributed by atoms with Crippen molar-refractivity contribution in [3.8, 4) is 0 Å². The quantitative estimate of drug-likeness (QED) is 0.919. The molecule has 0 bridgehead atoms. The molecule has 2 aromatic rings. The minimum Gasteiger partial charge on any atom is -0.381 e. The van der Waals surface area contributed by atoms with Gasteiger partial charge in [0.05, 0.1) is 30.2 Å². The lowest BCUT2D eigenvalue weighted by molar-refractivity contribution is 0.185. The van der Waals surface area contributed by atoms with Crippen molar-refractivity contribution in [2.24, 2.45) is 5.92 Å². The summed E-state index contributed by atoms with van der Waals surface area (Å²) in [7, 11) is 0. The van der Waals surface area contributed by atoms with Crippen molar-refractivity contribution in [1.82, 2.24) is 10.3 Å². The lowest BCUT2D eigenvalue weighted by atomic mass is 10.1. The second kappa shape index (κ2) is 7.74. The number of para-hydroxylation sites is 2. The Labute approximate surface area is 153 Å². The molecule has 1 aromatic heterocycles. The monoisotopic (exact) mass is 352 g/mol. The molecule has 1 aromatic carbocycles. The molecule has 6 nitrogen and oxygen atoms in total. The van der Waals surface area contributed by atoms with Gasteiger partial charge >= 0.3 is 6.03 Å². The van der Waals surface area contributed by atoms with E-state index in [2.05, 4.69) is 21.3 Å². The fraction of sp³-hybridized carbons (Fsp3) is 0.400. The summed E-state index contributed by atoms with van der Waals surface area (Å²) in [4.78, 5) is 21.3. The Morgan fingerprint density at radius 1 is 1.15 bits per heavy atom. The van der Waals surface area contributed by atoms with Gasteiger partial charge in [-0.1, -0.05) is 18.2 Å². The van der Waals surface area contributed by atoms with Gasteiger partial charge in [-0.25, -0.2) is 4.79 Å². The third kappa shape index (κ3) is 3.65. The second-order valence-corrected chi connectivity index (χ2v) is 6.80. The van der Waals surface area contributed by atoms with Gasteiger partial charge in [0.25, 0.3) is 0 Å². The molecule has 1 fully saturated rings. The zero-order valence-electron chi connectivity index (χ0n) is 14.8. The molecule has 1 atom stereocenters. The van der Waals surface area contributed by atoms with E-state index >= 15 is 0 Å². The molecule has 2 aliphatic rings. The number of hydrogen-bond donors (Lipinski definition) is 1. The molecule has 0 spiro atoms. The van der Waals surface area contributed by atoms with Crippen molar-refractivity contribution in [3.63, 3.8) is 0 Å². The summed E-state index contributed by atoms with van der Waals surface area (Å²) < 4.78 is 5.38. The number of fused-ring (bicyclic) bond motifs is 1. The van der Waals surface area contributed by atoms with Gasteiger partial charge in [0.15, 0.2) is 0 Å². The third-order valence-electron chi connectivity index (χ3n) is 5.00. The van der Waals surface area contributed by atoms with E-state index in [1.165, 1.54) is 0 Å². The number of ether oxygens (including phenoxy) is 1. The van der Waals surface area contributed by atoms with E-state index in [-0.39, 0.29) is 6.03 Å². The molecule has 26 heavy (non-hydrogen) atoms. The van der Waals surface area contributed by atoms with Gasteiger partial charge in [0, 0.05) is 38.4 Å². The van der Waals surface area contributed by atoms with Gasteiger partial charge in [-0.05, 0) is 30.7 Å². The van der Waals surface area contributed by atoms with Crippen LogP contribution in [-0.2, 0) is 11.3 Å². The molecule has 1 saturated heterocycles. The van der Waals surface area contributed by atoms with E-state index in [4.69, 9.17) is 4.74 Å². The van der Waals surface area contributed by atoms with E-state index < -0.39 is 0 Å². The van der Waals surface area contributed by atoms with Gasteiger partial charge in [-0.3, -0.25) is 9.88 Å². The fourth-order valence-corrected chi connectivity index (χ4v) is 3.56. The molecule has 136 valence electrons. The maximum Gasteiger partial charge on any atom is 0.322 e. The van der Waals surface area contributed by atoms with Crippen LogP contribution in [0.4, 0.5) is 16.2 Å². The molecule has 4 rings (SSSR count). The van der Waals surface area contributed by atoms with Crippen LogP contribution in [0.15, 0.2) is 48.7 Å². The summed E-state index contributed by atoms with van der Waals surface area (Å²) in [6, 6.07) is 14.0. The van der Waals surface area contributed by atoms with Crippen LogP contribution in [0, 0.1) is 5.92 Å². The van der Waals surface area contributed by atoms with Crippen molar-refractivity contribution in [1.29, 1.82) is 0 Å². The van der Waals surface area contributed by atoms with Crippen LogP contribution in [0.3, 0.4) is 0 Å². The molecule has 1 N–H and O–H groups in total. The van der Waals surface area contributed by atoms with E-state index in [1.54, 1.807) is 0 Å². The highest BCUT2D eigenvalue weighted by molar-refractivity contribution is 5.96. The molecule has 1 unspecified atom stereocenters. The van der Waals surface area contributed by atoms with E-state index in [9.17, 15) is 4.79 Å². The number of carbonyl (C=O) groups is 1. The first-order chi connectivity index (χ1) is 12.8. The number of pyridine rings is 1. The minimum absolute atomic E-state index is 0.0261. The van der Waals surface area contributed by atoms with E-state index in [1.807, 2.05) is 47.5 Å². The number of anilines is 2. The van der Waals surface area contributed by atoms with Crippen molar-refractivity contribution < 1.29 is 9.53 Å². The van der Waals surface area contributed by atoms with Crippen LogP contribution in [0.2, 0.25) is 0 Å². The van der Waals surface area contributed by atoms with Crippen LogP contribution in [0.25, 0.3) is 0 Å². The largest absolute Gasteiger partial charge is 0.381 e. The van der Waals surface area contributed by atoms with Crippen LogP contribution in [0.5, 0.6) is 0 Å². The Kier molecular flexibility index (Phi) is 5.02. The number of benzene rings is 1. The lowest BCUT2D eigenvalue weighted by Gasteiger charge is -2.37. The number of hydrogen-bond acceptors (Lipinski definition) is 4. The Morgan fingerprint density at radius 3 is 2.77 bits per heavy atom. The first-order valence-corrected chi connectivity index (χ1v) is 9.18. The summed E-state index contributed by atoms with van der Waals surface area (Å²) in [5.41, 5.74) is 3.06. The van der Waals surface area contributed by atoms with E-state index in [0.29, 0.717) is 19.0 Å². The number of amides is 2. The zero-order chi connectivity index (χ0) is 17.8. The Morgan fingerprint density at radius 2 is 2.00 bits per heavy atom. The molecular weight excluding hydrogens is 328 g/mol. The Bertz CT molecular complexity index is 746. The first kappa shape index (κ1) is 16.8. The highest BCUT2D eigenvalue weighted by Crippen LogP contribution is 2.33. The summed E-state index contributed by atoms with van der Waals surface area (Å²) in [5, 5.41) is 3.08. The van der Waals surface area contributed by atoms with Gasteiger partial charge < -0.3 is 15.0 Å². The summed E-state index contributed by atoms with van der Waals surface area (Å²) in [5.74, 6) is 0.430. The standard InChI is InChI=1S/C20H24N4O2/c25-20(22-13-16-8-12-26-15-16)24-11-10-23(14-17-5-3-4-9-21-17)18-6-1-2-7-19(18)24/h1-7,9,16H,8,10-15H2,(H,22,25). The van der Waals surface area contributed by atoms with Crippen molar-refractivity contribution in [2.45, 2.75) is 13.0 Å². The van der Waals surface area contributed by atoms with Crippen LogP contribution in [0.1, 0.15) is 12.1 Å². The molecular formula is C20H24N4O2. The molecule has 2 aliphatic heterocycles. The number of carbonyl (C=O) groups excluding carboxylic acids is 1. The highest BCUT2D eigenvalue weighted by Gasteiger charge is 2.27. The van der Waals surface area contributed by atoms with Crippen molar-refractivity contribution in [3.05, 3.63) is 54.4 Å². The average molecular weight is 352 g/mol. The number of urea groups is 1.